The van der Waals surface area contributed by atoms with Crippen LogP contribution in [0.1, 0.15) is 35.3 Å². The average Bonchev–Trinajstić information content (AvgIpc) is 3.14. The molecule has 0 bridgehead atoms. The first kappa shape index (κ1) is 20.3. The second-order valence-corrected chi connectivity index (χ2v) is 8.69. The fourth-order valence-corrected chi connectivity index (χ4v) is 4.86. The highest BCUT2D eigenvalue weighted by atomic mass is 16.5. The van der Waals surface area contributed by atoms with E-state index in [9.17, 15) is 9.59 Å². The summed E-state index contributed by atoms with van der Waals surface area (Å²) in [5.41, 5.74) is 3.36. The Hall–Kier alpha value is -2.64. The molecule has 7 nitrogen and oxygen atoms in total. The monoisotopic (exact) mass is 425 g/mol. The zero-order valence-electron chi connectivity index (χ0n) is 18.0. The molecular weight excluding hydrogens is 396 g/mol. The van der Waals surface area contributed by atoms with Gasteiger partial charge in [-0.25, -0.2) is 4.79 Å². The molecular formula is C24H29N2O5+. The molecule has 0 unspecified atom stereocenters. The minimum Gasteiger partial charge on any atom is -0.461 e. The topological polar surface area (TPSA) is 86.1 Å². The van der Waals surface area contributed by atoms with Crippen LogP contribution < -0.4 is 15.8 Å². The molecule has 1 saturated heterocycles. The number of furan rings is 1. The quantitative estimate of drug-likeness (QED) is 0.602. The number of aryl methyl sites for hydroxylation is 3. The summed E-state index contributed by atoms with van der Waals surface area (Å²) in [5, 5.41) is 4.93. The second-order valence-electron chi connectivity index (χ2n) is 8.69. The molecule has 1 aliphatic carbocycles. The Morgan fingerprint density at radius 3 is 2.68 bits per heavy atom. The van der Waals surface area contributed by atoms with Gasteiger partial charge in [0.15, 0.2) is 0 Å². The van der Waals surface area contributed by atoms with E-state index >= 15 is 0 Å². The van der Waals surface area contributed by atoms with Gasteiger partial charge >= 0.3 is 5.63 Å². The molecule has 1 fully saturated rings. The number of fused-ring (bicyclic) bond motifs is 4. The molecule has 3 aromatic rings. The maximum atomic E-state index is 12.6. The zero-order chi connectivity index (χ0) is 21.4. The van der Waals surface area contributed by atoms with E-state index in [1.54, 1.807) is 0 Å². The number of hydrogen-bond acceptors (Lipinski definition) is 5. The van der Waals surface area contributed by atoms with Crippen LogP contribution in [0.3, 0.4) is 0 Å². The van der Waals surface area contributed by atoms with E-state index in [1.807, 2.05) is 13.0 Å². The summed E-state index contributed by atoms with van der Waals surface area (Å²) in [7, 11) is 0. The Labute approximate surface area is 180 Å². The summed E-state index contributed by atoms with van der Waals surface area (Å²) in [4.78, 5) is 26.6. The number of rotatable bonds is 5. The van der Waals surface area contributed by atoms with E-state index in [-0.39, 0.29) is 12.3 Å². The Morgan fingerprint density at radius 2 is 1.84 bits per heavy atom. The number of carbonyl (C=O) groups is 1. The Kier molecular flexibility index (Phi) is 5.54. The van der Waals surface area contributed by atoms with Gasteiger partial charge in [0.25, 0.3) is 0 Å². The van der Waals surface area contributed by atoms with Crippen molar-refractivity contribution < 1.29 is 23.3 Å². The van der Waals surface area contributed by atoms with Gasteiger partial charge in [-0.2, -0.15) is 0 Å². The van der Waals surface area contributed by atoms with E-state index in [2.05, 4.69) is 11.4 Å². The van der Waals surface area contributed by atoms with Gasteiger partial charge in [0, 0.05) is 28.8 Å². The van der Waals surface area contributed by atoms with Crippen LogP contribution >= 0.6 is 0 Å². The van der Waals surface area contributed by atoms with Crippen LogP contribution in [0.2, 0.25) is 0 Å². The van der Waals surface area contributed by atoms with Crippen molar-refractivity contribution in [3.05, 3.63) is 45.0 Å². The lowest BCUT2D eigenvalue weighted by Gasteiger charge is -2.23. The van der Waals surface area contributed by atoms with E-state index in [0.717, 1.165) is 79.8 Å². The van der Waals surface area contributed by atoms with Crippen LogP contribution in [0.25, 0.3) is 21.9 Å². The predicted octanol–water partition coefficient (Wildman–Crippen LogP) is 1.30. The highest BCUT2D eigenvalue weighted by Gasteiger charge is 2.21. The number of benzene rings is 1. The van der Waals surface area contributed by atoms with Crippen molar-refractivity contribution in [3.8, 4) is 0 Å². The molecule has 3 heterocycles. The molecule has 2 aromatic heterocycles. The van der Waals surface area contributed by atoms with Crippen molar-refractivity contribution in [2.24, 2.45) is 0 Å². The minimum atomic E-state index is -0.449. The molecule has 0 atom stereocenters. The first-order chi connectivity index (χ1) is 15.1. The largest absolute Gasteiger partial charge is 0.461 e. The first-order valence-corrected chi connectivity index (χ1v) is 11.3. The van der Waals surface area contributed by atoms with Crippen molar-refractivity contribution in [2.45, 2.75) is 39.0 Å². The summed E-state index contributed by atoms with van der Waals surface area (Å²) in [6.07, 6.45) is 4.32. The Balaban J connectivity index is 1.37. The third kappa shape index (κ3) is 4.00. The van der Waals surface area contributed by atoms with E-state index < -0.39 is 5.63 Å². The molecule has 5 rings (SSSR count). The van der Waals surface area contributed by atoms with E-state index in [0.29, 0.717) is 17.7 Å². The molecule has 164 valence electrons. The molecule has 0 radical (unpaired) electrons. The van der Waals surface area contributed by atoms with Crippen LogP contribution in [0.5, 0.6) is 0 Å². The maximum Gasteiger partial charge on any atom is 0.340 e. The molecule has 1 amide bonds. The number of morpholine rings is 1. The maximum absolute atomic E-state index is 12.6. The Morgan fingerprint density at radius 1 is 1.06 bits per heavy atom. The van der Waals surface area contributed by atoms with Crippen LogP contribution in [-0.4, -0.2) is 45.3 Å². The number of hydrogen-bond donors (Lipinski definition) is 2. The predicted molar refractivity (Wildman–Crippen MR) is 117 cm³/mol. The van der Waals surface area contributed by atoms with E-state index in [1.165, 1.54) is 16.9 Å². The number of ether oxygens (including phenoxy) is 1. The number of amides is 1. The summed E-state index contributed by atoms with van der Waals surface area (Å²) < 4.78 is 17.0. The lowest BCUT2D eigenvalue weighted by molar-refractivity contribution is -0.906. The molecule has 31 heavy (non-hydrogen) atoms. The van der Waals surface area contributed by atoms with Crippen LogP contribution in [0.4, 0.5) is 0 Å². The normalized spacial score (nSPS) is 17.2. The first-order valence-electron chi connectivity index (χ1n) is 11.3. The molecule has 2 aliphatic rings. The summed E-state index contributed by atoms with van der Waals surface area (Å²) >= 11 is 0. The van der Waals surface area contributed by atoms with Gasteiger partial charge in [0.05, 0.1) is 38.3 Å². The van der Waals surface area contributed by atoms with Crippen LogP contribution in [0, 0.1) is 6.92 Å². The van der Waals surface area contributed by atoms with Gasteiger partial charge in [-0.05, 0) is 37.8 Å². The van der Waals surface area contributed by atoms with Gasteiger partial charge in [-0.1, -0.05) is 0 Å². The van der Waals surface area contributed by atoms with Gasteiger partial charge in [0.2, 0.25) is 5.91 Å². The van der Waals surface area contributed by atoms with Crippen molar-refractivity contribution in [3.63, 3.8) is 0 Å². The molecule has 1 aliphatic heterocycles. The molecule has 0 saturated carbocycles. The fourth-order valence-electron chi connectivity index (χ4n) is 4.86. The number of nitrogens with one attached hydrogen (secondary N) is 2. The van der Waals surface area contributed by atoms with Gasteiger partial charge < -0.3 is 23.8 Å². The SMILES string of the molecule is Cc1c(CC(=O)NCC[NH+]2CCOCC2)c(=O)oc2cc3oc4c(c3cc12)CCCC4. The molecule has 2 N–H and O–H groups in total. The van der Waals surface area contributed by atoms with E-state index in [4.69, 9.17) is 13.6 Å². The fraction of sp³-hybridized carbons (Fsp3) is 0.500. The average molecular weight is 426 g/mol. The van der Waals surface area contributed by atoms with Gasteiger partial charge in [-0.3, -0.25) is 4.79 Å². The summed E-state index contributed by atoms with van der Waals surface area (Å²) in [6.45, 7) is 6.84. The highest BCUT2D eigenvalue weighted by molar-refractivity contribution is 5.97. The molecule has 0 spiro atoms. The van der Waals surface area contributed by atoms with Crippen LogP contribution in [-0.2, 0) is 28.8 Å². The minimum absolute atomic E-state index is 0.0318. The smallest absolute Gasteiger partial charge is 0.340 e. The van der Waals surface area contributed by atoms with Gasteiger partial charge in [-0.15, -0.1) is 0 Å². The van der Waals surface area contributed by atoms with Gasteiger partial charge in [0.1, 0.15) is 30.0 Å². The summed E-state index contributed by atoms with van der Waals surface area (Å²) in [6, 6.07) is 3.89. The standard InChI is InChI=1S/C24H28N2O5/c1-15-17-12-19-16-4-2-3-5-20(16)30-22(19)14-21(17)31-24(28)18(15)13-23(27)25-6-7-26-8-10-29-11-9-26/h12,14H,2-11,13H2,1H3,(H,25,27)/p+1. The lowest BCUT2D eigenvalue weighted by atomic mass is 9.94. The molecule has 7 heteroatoms. The number of quaternary nitrogens is 1. The number of carbonyl (C=O) groups excluding carboxylic acids is 1. The third-order valence-electron chi connectivity index (χ3n) is 6.70. The van der Waals surface area contributed by atoms with Crippen molar-refractivity contribution in [1.29, 1.82) is 0 Å². The van der Waals surface area contributed by atoms with Crippen LogP contribution in [0.15, 0.2) is 25.8 Å². The highest BCUT2D eigenvalue weighted by Crippen LogP contribution is 2.35. The Bertz CT molecular complexity index is 1190. The zero-order valence-corrected chi connectivity index (χ0v) is 18.0. The van der Waals surface area contributed by atoms with Crippen molar-refractivity contribution in [1.82, 2.24) is 5.32 Å². The lowest BCUT2D eigenvalue weighted by Crippen LogP contribution is -3.14. The van der Waals surface area contributed by atoms with Crippen molar-refractivity contribution in [2.75, 3.05) is 39.4 Å². The third-order valence-corrected chi connectivity index (χ3v) is 6.70. The summed E-state index contributed by atoms with van der Waals surface area (Å²) in [5.74, 6) is 0.905. The molecule has 1 aromatic carbocycles. The van der Waals surface area contributed by atoms with Crippen molar-refractivity contribution >= 4 is 27.8 Å². The second kappa shape index (κ2) is 8.48.